The lowest BCUT2D eigenvalue weighted by Gasteiger charge is -2.30. The maximum Gasteiger partial charge on any atom is 0.306 e. The number of ether oxygens (including phenoxy) is 1. The van der Waals surface area contributed by atoms with E-state index in [1.807, 2.05) is 12.1 Å². The number of H-pyrrole nitrogens is 1. The molecule has 1 N–H and O–H groups in total. The van der Waals surface area contributed by atoms with Crippen molar-refractivity contribution in [1.29, 1.82) is 0 Å². The van der Waals surface area contributed by atoms with Crippen molar-refractivity contribution in [1.82, 2.24) is 4.98 Å². The first-order valence-corrected chi connectivity index (χ1v) is 5.73. The molecular weight excluding hydrogens is 218 g/mol. The number of hydrogen-bond donors (Lipinski definition) is 1. The lowest BCUT2D eigenvalue weighted by atomic mass is 9.81. The zero-order valence-electron chi connectivity index (χ0n) is 10.7. The summed E-state index contributed by atoms with van der Waals surface area (Å²) < 4.78 is 5.38. The van der Waals surface area contributed by atoms with E-state index in [4.69, 9.17) is 4.74 Å². The highest BCUT2D eigenvalue weighted by Crippen LogP contribution is 2.36. The highest BCUT2D eigenvalue weighted by molar-refractivity contribution is 5.83. The van der Waals surface area contributed by atoms with Crippen LogP contribution in [0.25, 0.3) is 0 Å². The first-order valence-electron chi connectivity index (χ1n) is 5.73. The second kappa shape index (κ2) is 5.17. The monoisotopic (exact) mass is 237 g/mol. The van der Waals surface area contributed by atoms with Gasteiger partial charge in [-0.2, -0.15) is 0 Å². The van der Waals surface area contributed by atoms with Gasteiger partial charge in [-0.3, -0.25) is 9.59 Å². The molecule has 0 fully saturated rings. The molecule has 1 heterocycles. The molecule has 4 nitrogen and oxygen atoms in total. The van der Waals surface area contributed by atoms with Gasteiger partial charge < -0.3 is 9.72 Å². The Balaban J connectivity index is 3.03. The minimum Gasteiger partial charge on any atom is -0.455 e. The van der Waals surface area contributed by atoms with E-state index in [0.29, 0.717) is 6.42 Å². The molecule has 0 bridgehead atoms. The molecule has 1 rings (SSSR count). The SMILES string of the molecule is CCC(=O)OC(c1ccc[nH]1)C(C)(C)C(C)=O. The summed E-state index contributed by atoms with van der Waals surface area (Å²) in [7, 11) is 0. The average Bonchev–Trinajstić information content (AvgIpc) is 2.78. The normalized spacial score (nSPS) is 13.2. The van der Waals surface area contributed by atoms with E-state index in [1.165, 1.54) is 6.92 Å². The van der Waals surface area contributed by atoms with Crippen molar-refractivity contribution < 1.29 is 14.3 Å². The van der Waals surface area contributed by atoms with Crippen LogP contribution in [0.1, 0.15) is 45.9 Å². The van der Waals surface area contributed by atoms with Crippen LogP contribution in [-0.4, -0.2) is 16.7 Å². The van der Waals surface area contributed by atoms with Crippen LogP contribution in [0.15, 0.2) is 18.3 Å². The van der Waals surface area contributed by atoms with E-state index < -0.39 is 11.5 Å². The third kappa shape index (κ3) is 2.96. The molecule has 0 aromatic carbocycles. The maximum absolute atomic E-state index is 11.7. The fourth-order valence-corrected chi connectivity index (χ4v) is 1.51. The van der Waals surface area contributed by atoms with Crippen LogP contribution >= 0.6 is 0 Å². The van der Waals surface area contributed by atoms with E-state index in [-0.39, 0.29) is 11.8 Å². The zero-order chi connectivity index (χ0) is 13.1. The number of hydrogen-bond acceptors (Lipinski definition) is 3. The Morgan fingerprint density at radius 3 is 2.53 bits per heavy atom. The van der Waals surface area contributed by atoms with Gasteiger partial charge in [-0.1, -0.05) is 6.92 Å². The summed E-state index contributed by atoms with van der Waals surface area (Å²) in [5, 5.41) is 0. The summed E-state index contributed by atoms with van der Waals surface area (Å²) in [5.74, 6) is -0.320. The quantitative estimate of drug-likeness (QED) is 0.801. The van der Waals surface area contributed by atoms with Gasteiger partial charge >= 0.3 is 5.97 Å². The summed E-state index contributed by atoms with van der Waals surface area (Å²) in [4.78, 5) is 26.1. The Hall–Kier alpha value is -1.58. The topological polar surface area (TPSA) is 59.2 Å². The molecule has 1 aromatic rings. The number of ketones is 1. The van der Waals surface area contributed by atoms with Crippen LogP contribution < -0.4 is 0 Å². The molecule has 0 spiro atoms. The summed E-state index contributed by atoms with van der Waals surface area (Å²) in [5.41, 5.74) is 0.00220. The van der Waals surface area contributed by atoms with Gasteiger partial charge in [-0.05, 0) is 32.9 Å². The van der Waals surface area contributed by atoms with E-state index in [2.05, 4.69) is 4.98 Å². The standard InChI is InChI=1S/C13H19NO3/c1-5-11(16)17-12(10-7-6-8-14-10)13(3,4)9(2)15/h6-8,12,14H,5H2,1-4H3. The second-order valence-corrected chi connectivity index (χ2v) is 4.63. The summed E-state index contributed by atoms with van der Waals surface area (Å²) in [6, 6.07) is 3.64. The first kappa shape index (κ1) is 13.5. The fourth-order valence-electron chi connectivity index (χ4n) is 1.51. The van der Waals surface area contributed by atoms with E-state index in [9.17, 15) is 9.59 Å². The van der Waals surface area contributed by atoms with Crippen LogP contribution in [-0.2, 0) is 14.3 Å². The van der Waals surface area contributed by atoms with E-state index in [0.717, 1.165) is 5.69 Å². The van der Waals surface area contributed by atoms with E-state index in [1.54, 1.807) is 27.0 Å². The predicted molar refractivity (Wildman–Crippen MR) is 64.4 cm³/mol. The Bertz CT molecular complexity index is 393. The molecule has 0 radical (unpaired) electrons. The minimum atomic E-state index is -0.740. The Morgan fingerprint density at radius 2 is 2.12 bits per heavy atom. The number of nitrogens with one attached hydrogen (secondary N) is 1. The van der Waals surface area contributed by atoms with Crippen molar-refractivity contribution in [3.8, 4) is 0 Å². The number of aromatic nitrogens is 1. The largest absolute Gasteiger partial charge is 0.455 e. The number of rotatable bonds is 5. The van der Waals surface area contributed by atoms with Crippen LogP contribution in [0, 0.1) is 5.41 Å². The van der Waals surface area contributed by atoms with Crippen molar-refractivity contribution in [2.45, 2.75) is 40.2 Å². The lowest BCUT2D eigenvalue weighted by Crippen LogP contribution is -2.33. The third-order valence-corrected chi connectivity index (χ3v) is 3.01. The van der Waals surface area contributed by atoms with Gasteiger partial charge in [0.15, 0.2) is 6.10 Å². The predicted octanol–water partition coefficient (Wildman–Crippen LogP) is 2.62. The van der Waals surface area contributed by atoms with Gasteiger partial charge in [0.1, 0.15) is 5.78 Å². The molecule has 0 aliphatic carbocycles. The van der Waals surface area contributed by atoms with Crippen LogP contribution in [0.2, 0.25) is 0 Å². The average molecular weight is 237 g/mol. The van der Waals surface area contributed by atoms with Crippen LogP contribution in [0.5, 0.6) is 0 Å². The van der Waals surface area contributed by atoms with Gasteiger partial charge in [0.2, 0.25) is 0 Å². The fraction of sp³-hybridized carbons (Fsp3) is 0.538. The van der Waals surface area contributed by atoms with Crippen molar-refractivity contribution in [3.05, 3.63) is 24.0 Å². The molecule has 0 aliphatic heterocycles. The Kier molecular flexibility index (Phi) is 4.10. The Morgan fingerprint density at radius 1 is 1.47 bits per heavy atom. The highest BCUT2D eigenvalue weighted by atomic mass is 16.5. The molecule has 0 amide bonds. The van der Waals surface area contributed by atoms with Crippen LogP contribution in [0.3, 0.4) is 0 Å². The van der Waals surface area contributed by atoms with Gasteiger partial charge in [0, 0.05) is 12.6 Å². The molecule has 1 unspecified atom stereocenters. The van der Waals surface area contributed by atoms with Crippen molar-refractivity contribution in [3.63, 3.8) is 0 Å². The minimum absolute atomic E-state index is 0.0130. The third-order valence-electron chi connectivity index (χ3n) is 3.01. The molecule has 17 heavy (non-hydrogen) atoms. The summed E-state index contributed by atoms with van der Waals surface area (Å²) in [6.07, 6.45) is 1.48. The second-order valence-electron chi connectivity index (χ2n) is 4.63. The number of carbonyl (C=O) groups is 2. The molecule has 4 heteroatoms. The molecule has 94 valence electrons. The summed E-state index contributed by atoms with van der Waals surface area (Å²) in [6.45, 7) is 6.80. The van der Waals surface area contributed by atoms with Gasteiger partial charge in [-0.25, -0.2) is 0 Å². The van der Waals surface area contributed by atoms with Crippen LogP contribution in [0.4, 0.5) is 0 Å². The zero-order valence-corrected chi connectivity index (χ0v) is 10.7. The molecule has 1 atom stereocenters. The van der Waals surface area contributed by atoms with Crippen molar-refractivity contribution >= 4 is 11.8 Å². The number of carbonyl (C=O) groups excluding carboxylic acids is 2. The first-order chi connectivity index (χ1) is 7.89. The molecule has 0 aliphatic rings. The number of esters is 1. The molecule has 0 saturated carbocycles. The lowest BCUT2D eigenvalue weighted by molar-refractivity contribution is -0.158. The molecular formula is C13H19NO3. The van der Waals surface area contributed by atoms with Gasteiger partial charge in [0.05, 0.1) is 11.1 Å². The number of Topliss-reactive ketones (excluding diaryl/α,β-unsaturated/α-hetero) is 1. The molecule has 0 saturated heterocycles. The van der Waals surface area contributed by atoms with Gasteiger partial charge in [-0.15, -0.1) is 0 Å². The van der Waals surface area contributed by atoms with E-state index >= 15 is 0 Å². The van der Waals surface area contributed by atoms with Crippen molar-refractivity contribution in [2.75, 3.05) is 0 Å². The van der Waals surface area contributed by atoms with Gasteiger partial charge in [0.25, 0.3) is 0 Å². The smallest absolute Gasteiger partial charge is 0.306 e. The maximum atomic E-state index is 11.7. The number of aromatic amines is 1. The Labute approximate surface area is 101 Å². The van der Waals surface area contributed by atoms with Crippen molar-refractivity contribution in [2.24, 2.45) is 5.41 Å². The summed E-state index contributed by atoms with van der Waals surface area (Å²) >= 11 is 0. The highest BCUT2D eigenvalue weighted by Gasteiger charge is 2.38. The molecule has 1 aromatic heterocycles.